The highest BCUT2D eigenvalue weighted by molar-refractivity contribution is 5.50. The van der Waals surface area contributed by atoms with Crippen LogP contribution < -0.4 is 10.1 Å². The maximum absolute atomic E-state index is 13.7. The molecule has 0 saturated heterocycles. The van der Waals surface area contributed by atoms with Crippen molar-refractivity contribution in [2.24, 2.45) is 7.05 Å². The molecule has 0 radical (unpaired) electrons. The molecule has 18 heavy (non-hydrogen) atoms. The lowest BCUT2D eigenvalue weighted by molar-refractivity contribution is 0.414. The van der Waals surface area contributed by atoms with Crippen LogP contribution in [-0.4, -0.2) is 16.9 Å². The normalized spacial score (nSPS) is 12.2. The molecule has 0 fully saturated rings. The zero-order valence-corrected chi connectivity index (χ0v) is 10.6. The standard InChI is InChI=1S/C13H16FN3O/c1-9(13-6-7-15-17(13)2)16-12-8-10(18-3)4-5-11(12)14/h4-9,16H,1-3H3. The Kier molecular flexibility index (Phi) is 3.50. The van der Waals surface area contributed by atoms with E-state index in [9.17, 15) is 4.39 Å². The number of benzene rings is 1. The molecule has 0 aliphatic heterocycles. The van der Waals surface area contributed by atoms with Crippen molar-refractivity contribution in [1.29, 1.82) is 0 Å². The topological polar surface area (TPSA) is 39.1 Å². The van der Waals surface area contributed by atoms with Crippen LogP contribution in [0, 0.1) is 5.82 Å². The van der Waals surface area contributed by atoms with Crippen LogP contribution >= 0.6 is 0 Å². The lowest BCUT2D eigenvalue weighted by atomic mass is 10.2. The lowest BCUT2D eigenvalue weighted by Gasteiger charge is -2.16. The molecule has 2 rings (SSSR count). The summed E-state index contributed by atoms with van der Waals surface area (Å²) in [6.07, 6.45) is 1.72. The highest BCUT2D eigenvalue weighted by Gasteiger charge is 2.12. The third-order valence-corrected chi connectivity index (χ3v) is 2.85. The van der Waals surface area contributed by atoms with E-state index >= 15 is 0 Å². The molecule has 0 aliphatic carbocycles. The van der Waals surface area contributed by atoms with Crippen LogP contribution in [0.25, 0.3) is 0 Å². The summed E-state index contributed by atoms with van der Waals surface area (Å²) in [6, 6.07) is 6.48. The summed E-state index contributed by atoms with van der Waals surface area (Å²) in [5, 5.41) is 7.21. The van der Waals surface area contributed by atoms with Crippen molar-refractivity contribution >= 4 is 5.69 Å². The highest BCUT2D eigenvalue weighted by atomic mass is 19.1. The van der Waals surface area contributed by atoms with Crippen LogP contribution in [0.5, 0.6) is 5.75 Å². The van der Waals surface area contributed by atoms with Gasteiger partial charge in [-0.1, -0.05) is 0 Å². The molecule has 4 nitrogen and oxygen atoms in total. The lowest BCUT2D eigenvalue weighted by Crippen LogP contribution is -2.12. The predicted molar refractivity (Wildman–Crippen MR) is 68.2 cm³/mol. The Morgan fingerprint density at radius 2 is 2.17 bits per heavy atom. The van der Waals surface area contributed by atoms with Crippen molar-refractivity contribution in [2.75, 3.05) is 12.4 Å². The third kappa shape index (κ3) is 2.45. The summed E-state index contributed by atoms with van der Waals surface area (Å²) in [4.78, 5) is 0. The van der Waals surface area contributed by atoms with E-state index in [0.717, 1.165) is 5.69 Å². The molecular weight excluding hydrogens is 233 g/mol. The van der Waals surface area contributed by atoms with E-state index < -0.39 is 0 Å². The van der Waals surface area contributed by atoms with Gasteiger partial charge in [0.2, 0.25) is 0 Å². The zero-order chi connectivity index (χ0) is 13.1. The molecule has 0 spiro atoms. The number of aromatic nitrogens is 2. The summed E-state index contributed by atoms with van der Waals surface area (Å²) in [5.74, 6) is 0.320. The van der Waals surface area contributed by atoms with E-state index in [1.165, 1.54) is 6.07 Å². The number of methoxy groups -OCH3 is 1. The summed E-state index contributed by atoms with van der Waals surface area (Å²) in [5.41, 5.74) is 1.40. The Labute approximate surface area is 105 Å². The average Bonchev–Trinajstić information content (AvgIpc) is 2.78. The van der Waals surface area contributed by atoms with Gasteiger partial charge in [-0.25, -0.2) is 4.39 Å². The Bertz CT molecular complexity index is 539. The Morgan fingerprint density at radius 3 is 2.78 bits per heavy atom. The summed E-state index contributed by atoms with van der Waals surface area (Å²) in [7, 11) is 3.41. The fraction of sp³-hybridized carbons (Fsp3) is 0.308. The number of aryl methyl sites for hydroxylation is 1. The monoisotopic (exact) mass is 249 g/mol. The van der Waals surface area contributed by atoms with E-state index in [1.807, 2.05) is 20.0 Å². The fourth-order valence-electron chi connectivity index (χ4n) is 1.86. The van der Waals surface area contributed by atoms with Gasteiger partial charge in [0, 0.05) is 19.3 Å². The smallest absolute Gasteiger partial charge is 0.146 e. The van der Waals surface area contributed by atoms with Gasteiger partial charge in [0.05, 0.1) is 24.5 Å². The molecule has 1 atom stereocenters. The van der Waals surface area contributed by atoms with Gasteiger partial charge < -0.3 is 10.1 Å². The van der Waals surface area contributed by atoms with Crippen molar-refractivity contribution < 1.29 is 9.13 Å². The Balaban J connectivity index is 2.21. The molecule has 0 saturated carbocycles. The SMILES string of the molecule is COc1ccc(F)c(NC(C)c2ccnn2C)c1. The van der Waals surface area contributed by atoms with E-state index in [0.29, 0.717) is 11.4 Å². The van der Waals surface area contributed by atoms with Crippen LogP contribution in [0.2, 0.25) is 0 Å². The van der Waals surface area contributed by atoms with Gasteiger partial charge in [0.25, 0.3) is 0 Å². The molecule has 0 aliphatic rings. The number of nitrogens with zero attached hydrogens (tertiary/aromatic N) is 2. The molecule has 0 amide bonds. The molecule has 1 N–H and O–H groups in total. The largest absolute Gasteiger partial charge is 0.497 e. The second-order valence-corrected chi connectivity index (χ2v) is 4.09. The second-order valence-electron chi connectivity index (χ2n) is 4.09. The maximum Gasteiger partial charge on any atom is 0.146 e. The maximum atomic E-state index is 13.7. The minimum atomic E-state index is -0.301. The number of rotatable bonds is 4. The number of halogens is 1. The van der Waals surface area contributed by atoms with E-state index in [4.69, 9.17) is 4.74 Å². The molecule has 5 heteroatoms. The summed E-state index contributed by atoms with van der Waals surface area (Å²) >= 11 is 0. The summed E-state index contributed by atoms with van der Waals surface area (Å²) < 4.78 is 20.5. The van der Waals surface area contributed by atoms with Gasteiger partial charge >= 0.3 is 0 Å². The van der Waals surface area contributed by atoms with Crippen LogP contribution in [0.3, 0.4) is 0 Å². The average molecular weight is 249 g/mol. The van der Waals surface area contributed by atoms with Crippen molar-refractivity contribution in [3.63, 3.8) is 0 Å². The van der Waals surface area contributed by atoms with Gasteiger partial charge in [-0.3, -0.25) is 4.68 Å². The van der Waals surface area contributed by atoms with E-state index in [-0.39, 0.29) is 11.9 Å². The first-order chi connectivity index (χ1) is 8.61. The number of ether oxygens (including phenoxy) is 1. The molecule has 96 valence electrons. The molecule has 2 aromatic rings. The minimum Gasteiger partial charge on any atom is -0.497 e. The Hall–Kier alpha value is -2.04. The number of anilines is 1. The van der Waals surface area contributed by atoms with Gasteiger partial charge in [0.15, 0.2) is 0 Å². The van der Waals surface area contributed by atoms with Crippen LogP contribution in [0.15, 0.2) is 30.5 Å². The van der Waals surface area contributed by atoms with Gasteiger partial charge in [0.1, 0.15) is 11.6 Å². The van der Waals surface area contributed by atoms with Gasteiger partial charge in [-0.05, 0) is 25.1 Å². The quantitative estimate of drug-likeness (QED) is 0.905. The van der Waals surface area contributed by atoms with Gasteiger partial charge in [-0.15, -0.1) is 0 Å². The van der Waals surface area contributed by atoms with Crippen molar-refractivity contribution in [3.8, 4) is 5.75 Å². The predicted octanol–water partition coefficient (Wildman–Crippen LogP) is 2.74. The molecule has 1 unspecified atom stereocenters. The number of hydrogen-bond acceptors (Lipinski definition) is 3. The minimum absolute atomic E-state index is 0.0425. The first-order valence-corrected chi connectivity index (χ1v) is 5.70. The van der Waals surface area contributed by atoms with Crippen LogP contribution in [-0.2, 0) is 7.05 Å². The van der Waals surface area contributed by atoms with Crippen molar-refractivity contribution in [2.45, 2.75) is 13.0 Å². The molecule has 1 aromatic carbocycles. The second kappa shape index (κ2) is 5.08. The fourth-order valence-corrected chi connectivity index (χ4v) is 1.86. The van der Waals surface area contributed by atoms with Crippen molar-refractivity contribution in [1.82, 2.24) is 9.78 Å². The van der Waals surface area contributed by atoms with E-state index in [1.54, 1.807) is 30.1 Å². The highest BCUT2D eigenvalue weighted by Crippen LogP contribution is 2.25. The summed E-state index contributed by atoms with van der Waals surface area (Å²) in [6.45, 7) is 1.95. The molecule has 1 aromatic heterocycles. The van der Waals surface area contributed by atoms with Crippen LogP contribution in [0.4, 0.5) is 10.1 Å². The van der Waals surface area contributed by atoms with E-state index in [2.05, 4.69) is 10.4 Å². The first-order valence-electron chi connectivity index (χ1n) is 5.70. The number of nitrogens with one attached hydrogen (secondary N) is 1. The first kappa shape index (κ1) is 12.4. The molecule has 1 heterocycles. The molecule has 0 bridgehead atoms. The third-order valence-electron chi connectivity index (χ3n) is 2.85. The molecular formula is C13H16FN3O. The van der Waals surface area contributed by atoms with Crippen molar-refractivity contribution in [3.05, 3.63) is 42.0 Å². The van der Waals surface area contributed by atoms with Gasteiger partial charge in [-0.2, -0.15) is 5.10 Å². The zero-order valence-electron chi connectivity index (χ0n) is 10.6. The number of hydrogen-bond donors (Lipinski definition) is 1. The van der Waals surface area contributed by atoms with Crippen LogP contribution in [0.1, 0.15) is 18.7 Å². The Morgan fingerprint density at radius 1 is 1.39 bits per heavy atom.